The number of hydrogen-bond acceptors (Lipinski definition) is 4. The number of esters is 1. The normalized spacial score (nSPS) is 11.0. The van der Waals surface area contributed by atoms with Crippen LogP contribution in [0.3, 0.4) is 0 Å². The molecule has 0 aliphatic carbocycles. The van der Waals surface area contributed by atoms with Gasteiger partial charge in [-0.2, -0.15) is 0 Å². The quantitative estimate of drug-likeness (QED) is 0.430. The van der Waals surface area contributed by atoms with E-state index in [2.05, 4.69) is 26.0 Å². The third-order valence-corrected chi connectivity index (χ3v) is 4.72. The molecule has 0 spiro atoms. The molecule has 28 heavy (non-hydrogen) atoms. The van der Waals surface area contributed by atoms with E-state index < -0.39 is 5.97 Å². The van der Waals surface area contributed by atoms with E-state index in [1.165, 1.54) is 11.1 Å². The van der Waals surface area contributed by atoms with Gasteiger partial charge in [0.2, 0.25) is 0 Å². The summed E-state index contributed by atoms with van der Waals surface area (Å²) in [5, 5.41) is 0. The highest BCUT2D eigenvalue weighted by molar-refractivity contribution is 5.74. The molecule has 0 heterocycles. The Morgan fingerprint density at radius 1 is 0.750 bits per heavy atom. The first kappa shape index (κ1) is 19.5. The molecule has 0 unspecified atom stereocenters. The standard InChI is InChI=1S/C24H24O4/c1-24(2,18-7-5-4-6-8-18)19-9-11-21(12-10-19)27-17-23(25)28-22-15-13-20(26-3)14-16-22/h4-16H,17H2,1-3H3. The van der Waals surface area contributed by atoms with Gasteiger partial charge in [0.1, 0.15) is 17.2 Å². The smallest absolute Gasteiger partial charge is 0.349 e. The molecule has 144 valence electrons. The summed E-state index contributed by atoms with van der Waals surface area (Å²) >= 11 is 0. The minimum Gasteiger partial charge on any atom is -0.497 e. The highest BCUT2D eigenvalue weighted by atomic mass is 16.6. The summed E-state index contributed by atoms with van der Waals surface area (Å²) in [5.74, 6) is 1.32. The first-order chi connectivity index (χ1) is 13.5. The van der Waals surface area contributed by atoms with Crippen molar-refractivity contribution >= 4 is 5.97 Å². The van der Waals surface area contributed by atoms with Crippen molar-refractivity contribution in [3.63, 3.8) is 0 Å². The van der Waals surface area contributed by atoms with E-state index >= 15 is 0 Å². The molecule has 0 amide bonds. The zero-order valence-corrected chi connectivity index (χ0v) is 16.3. The fourth-order valence-corrected chi connectivity index (χ4v) is 2.94. The minimum absolute atomic E-state index is 0.118. The lowest BCUT2D eigenvalue weighted by atomic mass is 9.78. The van der Waals surface area contributed by atoms with Crippen molar-refractivity contribution in [1.29, 1.82) is 0 Å². The highest BCUT2D eigenvalue weighted by Gasteiger charge is 2.22. The Balaban J connectivity index is 1.57. The molecule has 3 aromatic rings. The number of rotatable bonds is 7. The fourth-order valence-electron chi connectivity index (χ4n) is 2.94. The lowest BCUT2D eigenvalue weighted by molar-refractivity contribution is -0.136. The van der Waals surface area contributed by atoms with Gasteiger partial charge in [-0.25, -0.2) is 4.79 Å². The Morgan fingerprint density at radius 3 is 1.89 bits per heavy atom. The second-order valence-electron chi connectivity index (χ2n) is 6.95. The summed E-state index contributed by atoms with van der Waals surface area (Å²) in [6.07, 6.45) is 0. The van der Waals surface area contributed by atoms with Gasteiger partial charge in [-0.3, -0.25) is 0 Å². The summed E-state index contributed by atoms with van der Waals surface area (Å²) in [7, 11) is 1.58. The maximum absolute atomic E-state index is 12.0. The molecule has 0 fully saturated rings. The fraction of sp³-hybridized carbons (Fsp3) is 0.208. The van der Waals surface area contributed by atoms with Crippen LogP contribution in [0.1, 0.15) is 25.0 Å². The van der Waals surface area contributed by atoms with Crippen molar-refractivity contribution in [2.75, 3.05) is 13.7 Å². The van der Waals surface area contributed by atoms with Gasteiger partial charge in [-0.05, 0) is 47.5 Å². The van der Waals surface area contributed by atoms with Crippen molar-refractivity contribution < 1.29 is 19.0 Å². The van der Waals surface area contributed by atoms with Crippen molar-refractivity contribution in [1.82, 2.24) is 0 Å². The maximum atomic E-state index is 12.0. The van der Waals surface area contributed by atoms with Crippen LogP contribution < -0.4 is 14.2 Å². The molecule has 0 bridgehead atoms. The van der Waals surface area contributed by atoms with E-state index in [9.17, 15) is 4.79 Å². The van der Waals surface area contributed by atoms with E-state index in [0.29, 0.717) is 17.2 Å². The van der Waals surface area contributed by atoms with E-state index in [4.69, 9.17) is 14.2 Å². The summed E-state index contributed by atoms with van der Waals surface area (Å²) < 4.78 is 15.9. The highest BCUT2D eigenvalue weighted by Crippen LogP contribution is 2.32. The second kappa shape index (κ2) is 8.61. The van der Waals surface area contributed by atoms with Crippen molar-refractivity contribution in [3.05, 3.63) is 90.0 Å². The van der Waals surface area contributed by atoms with Crippen molar-refractivity contribution in [3.8, 4) is 17.2 Å². The monoisotopic (exact) mass is 376 g/mol. The van der Waals surface area contributed by atoms with Gasteiger partial charge in [0.25, 0.3) is 0 Å². The van der Waals surface area contributed by atoms with Crippen LogP contribution in [0, 0.1) is 0 Å². The van der Waals surface area contributed by atoms with E-state index in [-0.39, 0.29) is 12.0 Å². The molecule has 0 aliphatic rings. The van der Waals surface area contributed by atoms with Crippen LogP contribution in [-0.4, -0.2) is 19.7 Å². The predicted molar refractivity (Wildman–Crippen MR) is 109 cm³/mol. The average molecular weight is 376 g/mol. The van der Waals surface area contributed by atoms with E-state index in [0.717, 1.165) is 0 Å². The molecule has 3 aromatic carbocycles. The zero-order valence-electron chi connectivity index (χ0n) is 16.3. The third kappa shape index (κ3) is 4.71. The Morgan fingerprint density at radius 2 is 1.29 bits per heavy atom. The van der Waals surface area contributed by atoms with Crippen LogP contribution >= 0.6 is 0 Å². The SMILES string of the molecule is COc1ccc(OC(=O)COc2ccc(C(C)(C)c3ccccc3)cc2)cc1. The number of benzene rings is 3. The van der Waals surface area contributed by atoms with Gasteiger partial charge >= 0.3 is 5.97 Å². The van der Waals surface area contributed by atoms with Gasteiger partial charge in [0, 0.05) is 5.41 Å². The van der Waals surface area contributed by atoms with Crippen molar-refractivity contribution in [2.24, 2.45) is 0 Å². The molecule has 0 radical (unpaired) electrons. The van der Waals surface area contributed by atoms with Crippen molar-refractivity contribution in [2.45, 2.75) is 19.3 Å². The minimum atomic E-state index is -0.459. The average Bonchev–Trinajstić information content (AvgIpc) is 2.74. The summed E-state index contributed by atoms with van der Waals surface area (Å²) in [6, 6.07) is 25.0. The molecule has 3 rings (SSSR count). The van der Waals surface area contributed by atoms with Crippen LogP contribution in [-0.2, 0) is 10.2 Å². The number of carbonyl (C=O) groups excluding carboxylic acids is 1. The Bertz CT molecular complexity index is 898. The molecule has 0 aromatic heterocycles. The molecule has 0 aliphatic heterocycles. The maximum Gasteiger partial charge on any atom is 0.349 e. The molecule has 4 heteroatoms. The molecule has 0 saturated carbocycles. The molecule has 0 atom stereocenters. The van der Waals surface area contributed by atoms with Gasteiger partial charge in [-0.1, -0.05) is 56.3 Å². The van der Waals surface area contributed by atoms with Crippen LogP contribution in [0.15, 0.2) is 78.9 Å². The lowest BCUT2D eigenvalue weighted by Crippen LogP contribution is -2.19. The van der Waals surface area contributed by atoms with Crippen LogP contribution in [0.25, 0.3) is 0 Å². The number of carbonyl (C=O) groups is 1. The summed E-state index contributed by atoms with van der Waals surface area (Å²) in [6.45, 7) is 4.21. The van der Waals surface area contributed by atoms with E-state index in [1.807, 2.05) is 42.5 Å². The number of ether oxygens (including phenoxy) is 3. The Labute approximate surface area is 165 Å². The van der Waals surface area contributed by atoms with Crippen LogP contribution in [0.5, 0.6) is 17.2 Å². The van der Waals surface area contributed by atoms with Gasteiger partial charge in [-0.15, -0.1) is 0 Å². The predicted octanol–water partition coefficient (Wildman–Crippen LogP) is 5.01. The number of hydrogen-bond donors (Lipinski definition) is 0. The third-order valence-electron chi connectivity index (χ3n) is 4.72. The number of methoxy groups -OCH3 is 1. The molecule has 4 nitrogen and oxygen atoms in total. The Hall–Kier alpha value is -3.27. The van der Waals surface area contributed by atoms with Gasteiger partial charge in [0.05, 0.1) is 7.11 Å². The van der Waals surface area contributed by atoms with E-state index in [1.54, 1.807) is 31.4 Å². The van der Waals surface area contributed by atoms with Gasteiger partial charge in [0.15, 0.2) is 6.61 Å². The molecular weight excluding hydrogens is 352 g/mol. The van der Waals surface area contributed by atoms with Crippen LogP contribution in [0.2, 0.25) is 0 Å². The van der Waals surface area contributed by atoms with Gasteiger partial charge < -0.3 is 14.2 Å². The second-order valence-corrected chi connectivity index (χ2v) is 6.95. The molecule has 0 N–H and O–H groups in total. The summed E-state index contributed by atoms with van der Waals surface area (Å²) in [5.41, 5.74) is 2.30. The first-order valence-electron chi connectivity index (χ1n) is 9.12. The zero-order chi connectivity index (χ0) is 20.0. The Kier molecular flexibility index (Phi) is 5.99. The summed E-state index contributed by atoms with van der Waals surface area (Å²) in [4.78, 5) is 12.0. The van der Waals surface area contributed by atoms with Crippen LogP contribution in [0.4, 0.5) is 0 Å². The largest absolute Gasteiger partial charge is 0.497 e. The molecular formula is C24H24O4. The first-order valence-corrected chi connectivity index (χ1v) is 9.12. The lowest BCUT2D eigenvalue weighted by Gasteiger charge is -2.26. The topological polar surface area (TPSA) is 44.8 Å². The molecule has 0 saturated heterocycles.